The van der Waals surface area contributed by atoms with Crippen LogP contribution in [0.1, 0.15) is 46.8 Å². The van der Waals surface area contributed by atoms with Crippen molar-refractivity contribution in [3.8, 4) is 0 Å². The molecule has 1 aromatic heterocycles. The molecular weight excluding hydrogens is 365 g/mol. The average molecular weight is 383 g/mol. The number of halogens is 1. The average Bonchev–Trinajstić information content (AvgIpc) is 3.25. The second-order valence-corrected chi connectivity index (χ2v) is 8.50. The van der Waals surface area contributed by atoms with Gasteiger partial charge >= 0.3 is 5.97 Å². The Morgan fingerprint density at radius 3 is 2.64 bits per heavy atom. The van der Waals surface area contributed by atoms with Crippen molar-refractivity contribution < 1.29 is 22.3 Å². The minimum Gasteiger partial charge on any atom is -0.465 e. The van der Waals surface area contributed by atoms with Crippen molar-refractivity contribution in [2.75, 3.05) is 11.8 Å². The van der Waals surface area contributed by atoms with Gasteiger partial charge in [0.1, 0.15) is 15.6 Å². The zero-order valence-corrected chi connectivity index (χ0v) is 15.3. The zero-order valence-electron chi connectivity index (χ0n) is 13.6. The normalized spacial score (nSPS) is 15.3. The van der Waals surface area contributed by atoms with Crippen molar-refractivity contribution in [2.24, 2.45) is 0 Å². The number of thiophene rings is 1. The van der Waals surface area contributed by atoms with E-state index < -0.39 is 26.7 Å². The molecule has 1 aromatic carbocycles. The fourth-order valence-corrected chi connectivity index (χ4v) is 5.05. The molecule has 0 unspecified atom stereocenters. The number of sulfonamides is 1. The van der Waals surface area contributed by atoms with Gasteiger partial charge < -0.3 is 4.74 Å². The molecule has 25 heavy (non-hydrogen) atoms. The second kappa shape index (κ2) is 7.13. The number of anilines is 1. The van der Waals surface area contributed by atoms with Crippen LogP contribution in [0, 0.1) is 5.82 Å². The number of carbonyl (C=O) groups is 1. The Hall–Kier alpha value is -1.93. The van der Waals surface area contributed by atoms with Crippen molar-refractivity contribution in [3.05, 3.63) is 45.9 Å². The molecule has 0 saturated heterocycles. The molecule has 0 spiro atoms. The van der Waals surface area contributed by atoms with Gasteiger partial charge in [0, 0.05) is 0 Å². The molecule has 1 heterocycles. The first kappa shape index (κ1) is 17.9. The molecule has 0 bridgehead atoms. The van der Waals surface area contributed by atoms with E-state index in [0.29, 0.717) is 5.92 Å². The molecule has 1 fully saturated rings. The monoisotopic (exact) mass is 383 g/mol. The van der Waals surface area contributed by atoms with Crippen LogP contribution in [-0.2, 0) is 14.8 Å². The number of benzene rings is 1. The highest BCUT2D eigenvalue weighted by Gasteiger charge is 2.25. The first-order chi connectivity index (χ1) is 11.9. The van der Waals surface area contributed by atoms with Gasteiger partial charge in [-0.15, -0.1) is 11.3 Å². The summed E-state index contributed by atoms with van der Waals surface area (Å²) in [5, 5.41) is 1.56. The molecule has 8 heteroatoms. The maximum Gasteiger partial charge on any atom is 0.350 e. The Labute approximate surface area is 149 Å². The summed E-state index contributed by atoms with van der Waals surface area (Å²) in [4.78, 5) is 11.3. The molecule has 1 N–H and O–H groups in total. The van der Waals surface area contributed by atoms with Gasteiger partial charge in [-0.2, -0.15) is 0 Å². The summed E-state index contributed by atoms with van der Waals surface area (Å²) in [5.41, 5.74) is 0.913. The number of carbonyl (C=O) groups excluding carboxylic acids is 1. The molecule has 5 nitrogen and oxygen atoms in total. The summed E-state index contributed by atoms with van der Waals surface area (Å²) in [5.74, 6) is -1.14. The number of rotatable bonds is 5. The lowest BCUT2D eigenvalue weighted by molar-refractivity contribution is 0.0607. The zero-order chi connectivity index (χ0) is 18.0. The van der Waals surface area contributed by atoms with Crippen molar-refractivity contribution in [1.82, 2.24) is 0 Å². The van der Waals surface area contributed by atoms with Crippen LogP contribution in [0.2, 0.25) is 0 Å². The maximum absolute atomic E-state index is 14.4. The van der Waals surface area contributed by atoms with E-state index in [9.17, 15) is 17.6 Å². The molecule has 0 atom stereocenters. The fraction of sp³-hybridized carbons (Fsp3) is 0.353. The highest BCUT2D eigenvalue weighted by Crippen LogP contribution is 2.35. The summed E-state index contributed by atoms with van der Waals surface area (Å²) in [7, 11) is -2.93. The number of hydrogen-bond acceptors (Lipinski definition) is 5. The van der Waals surface area contributed by atoms with E-state index in [2.05, 4.69) is 9.46 Å². The minimum absolute atomic E-state index is 0.0797. The van der Waals surface area contributed by atoms with E-state index >= 15 is 0 Å². The van der Waals surface area contributed by atoms with Crippen molar-refractivity contribution >= 4 is 33.0 Å². The summed E-state index contributed by atoms with van der Waals surface area (Å²) in [6, 6.07) is 5.70. The van der Waals surface area contributed by atoms with Crippen LogP contribution in [-0.4, -0.2) is 21.5 Å². The minimum atomic E-state index is -4.14. The third kappa shape index (κ3) is 3.69. The molecule has 0 aliphatic heterocycles. The van der Waals surface area contributed by atoms with Crippen LogP contribution in [0.15, 0.2) is 34.5 Å². The topological polar surface area (TPSA) is 72.5 Å². The number of ether oxygens (including phenoxy) is 1. The highest BCUT2D eigenvalue weighted by molar-refractivity contribution is 7.92. The maximum atomic E-state index is 14.4. The summed E-state index contributed by atoms with van der Waals surface area (Å²) < 4.78 is 46.4. The van der Waals surface area contributed by atoms with E-state index in [-0.39, 0.29) is 10.6 Å². The number of nitrogens with one attached hydrogen (secondary N) is 1. The van der Waals surface area contributed by atoms with E-state index in [4.69, 9.17) is 0 Å². The predicted octanol–water partition coefficient (Wildman–Crippen LogP) is 4.13. The molecule has 0 amide bonds. The lowest BCUT2D eigenvalue weighted by Gasteiger charge is -2.13. The summed E-state index contributed by atoms with van der Waals surface area (Å²) in [6.07, 6.45) is 4.23. The SMILES string of the molecule is COC(=O)c1sccc1NS(=O)(=O)c1ccc(C2CCCC2)cc1F. The predicted molar refractivity (Wildman–Crippen MR) is 94.1 cm³/mol. The number of methoxy groups -OCH3 is 1. The third-order valence-electron chi connectivity index (χ3n) is 4.35. The van der Waals surface area contributed by atoms with E-state index in [1.807, 2.05) is 0 Å². The molecular formula is C17H18FNO4S2. The largest absolute Gasteiger partial charge is 0.465 e. The fourth-order valence-electron chi connectivity index (χ4n) is 3.09. The Kier molecular flexibility index (Phi) is 5.10. The van der Waals surface area contributed by atoms with Gasteiger partial charge in [-0.1, -0.05) is 18.9 Å². The standard InChI is InChI=1S/C17H18FNO4S2/c1-23-17(20)16-14(8-9-24-16)19-25(21,22)15-7-6-12(10-13(15)18)11-4-2-3-5-11/h6-11,19H,2-5H2,1H3. The second-order valence-electron chi connectivity index (χ2n) is 5.93. The van der Waals surface area contributed by atoms with Gasteiger partial charge in [-0.25, -0.2) is 17.6 Å². The van der Waals surface area contributed by atoms with Crippen LogP contribution in [0.3, 0.4) is 0 Å². The molecule has 1 saturated carbocycles. The Bertz CT molecular complexity index is 886. The molecule has 1 aliphatic rings. The van der Waals surface area contributed by atoms with Crippen LogP contribution in [0.25, 0.3) is 0 Å². The van der Waals surface area contributed by atoms with Crippen molar-refractivity contribution in [3.63, 3.8) is 0 Å². The van der Waals surface area contributed by atoms with Gasteiger partial charge in [-0.3, -0.25) is 4.72 Å². The molecule has 3 rings (SSSR count). The molecule has 2 aromatic rings. The van der Waals surface area contributed by atoms with Gasteiger partial charge in [0.25, 0.3) is 10.0 Å². The molecule has 0 radical (unpaired) electrons. The Morgan fingerprint density at radius 1 is 1.28 bits per heavy atom. The van der Waals surface area contributed by atoms with E-state index in [1.54, 1.807) is 11.4 Å². The molecule has 134 valence electrons. The lowest BCUT2D eigenvalue weighted by atomic mass is 9.98. The van der Waals surface area contributed by atoms with Gasteiger partial charge in [-0.05, 0) is 47.9 Å². The van der Waals surface area contributed by atoms with Crippen LogP contribution in [0.5, 0.6) is 0 Å². The van der Waals surface area contributed by atoms with Gasteiger partial charge in [0.2, 0.25) is 0 Å². The van der Waals surface area contributed by atoms with Gasteiger partial charge in [0.05, 0.1) is 12.8 Å². The van der Waals surface area contributed by atoms with E-state index in [0.717, 1.165) is 42.6 Å². The number of esters is 1. The number of hydrogen-bond donors (Lipinski definition) is 1. The van der Waals surface area contributed by atoms with Crippen molar-refractivity contribution in [1.29, 1.82) is 0 Å². The Balaban J connectivity index is 1.87. The summed E-state index contributed by atoms with van der Waals surface area (Å²) >= 11 is 1.05. The highest BCUT2D eigenvalue weighted by atomic mass is 32.2. The van der Waals surface area contributed by atoms with Crippen LogP contribution < -0.4 is 4.72 Å². The summed E-state index contributed by atoms with van der Waals surface area (Å²) in [6.45, 7) is 0. The first-order valence-electron chi connectivity index (χ1n) is 7.90. The Morgan fingerprint density at radius 2 is 2.00 bits per heavy atom. The molecule has 1 aliphatic carbocycles. The van der Waals surface area contributed by atoms with E-state index in [1.165, 1.54) is 25.3 Å². The van der Waals surface area contributed by atoms with Crippen LogP contribution >= 0.6 is 11.3 Å². The van der Waals surface area contributed by atoms with Crippen LogP contribution in [0.4, 0.5) is 10.1 Å². The van der Waals surface area contributed by atoms with Gasteiger partial charge in [0.15, 0.2) is 0 Å². The quantitative estimate of drug-likeness (QED) is 0.788. The first-order valence-corrected chi connectivity index (χ1v) is 10.3. The third-order valence-corrected chi connectivity index (χ3v) is 6.65. The van der Waals surface area contributed by atoms with Crippen molar-refractivity contribution in [2.45, 2.75) is 36.5 Å². The smallest absolute Gasteiger partial charge is 0.350 e. The lowest BCUT2D eigenvalue weighted by Crippen LogP contribution is -2.16.